The van der Waals surface area contributed by atoms with Crippen molar-refractivity contribution in [3.8, 4) is 33.4 Å². The van der Waals surface area contributed by atoms with Crippen LogP contribution < -0.4 is 4.90 Å². The topological polar surface area (TPSA) is 16.4 Å². The minimum Gasteiger partial charge on any atom is -0.456 e. The minimum atomic E-state index is 0.905. The van der Waals surface area contributed by atoms with Crippen molar-refractivity contribution in [2.24, 2.45) is 0 Å². The molecule has 2 heteroatoms. The fourth-order valence-corrected chi connectivity index (χ4v) is 8.69. The number of nitrogens with zero attached hydrogens (tertiary/aromatic N) is 1. The molecule has 0 spiro atoms. The van der Waals surface area contributed by atoms with E-state index in [0.29, 0.717) is 0 Å². The maximum atomic E-state index is 6.22. The lowest BCUT2D eigenvalue weighted by molar-refractivity contribution is 0.669. The van der Waals surface area contributed by atoms with Crippen molar-refractivity contribution in [1.29, 1.82) is 0 Å². The molecule has 0 N–H and O–H groups in total. The number of rotatable bonds is 6. The summed E-state index contributed by atoms with van der Waals surface area (Å²) in [5, 5.41) is 9.81. The lowest BCUT2D eigenvalue weighted by Gasteiger charge is -2.26. The Morgan fingerprint density at radius 2 is 0.875 bits per heavy atom. The number of benzene rings is 10. The first-order chi connectivity index (χ1) is 27.8. The molecule has 1 aromatic heterocycles. The molecule has 0 aliphatic heterocycles. The molecule has 0 atom stereocenters. The maximum Gasteiger partial charge on any atom is 0.136 e. The van der Waals surface area contributed by atoms with E-state index in [0.717, 1.165) is 44.6 Å². The quantitative estimate of drug-likeness (QED) is 0.160. The van der Waals surface area contributed by atoms with Crippen LogP contribution in [0.15, 0.2) is 217 Å². The number of fused-ring (bicyclic) bond motifs is 7. The van der Waals surface area contributed by atoms with Crippen molar-refractivity contribution >= 4 is 71.3 Å². The standard InChI is InChI=1S/C54H35NO/c1-2-15-40(16-3-1)55(41-30-25-37(26-31-41)45-22-12-24-52-54(45)49-21-10-11-23-51(49)56-52)42-32-27-38(28-33-42)53-44-18-7-4-13-36(44)29-34-48(53)50-35-39-14-5-6-17-43(39)46-19-8-9-20-47(46)50/h1-35H. The lowest BCUT2D eigenvalue weighted by Crippen LogP contribution is -2.09. The summed E-state index contributed by atoms with van der Waals surface area (Å²) >= 11 is 0. The number of furan rings is 1. The highest BCUT2D eigenvalue weighted by molar-refractivity contribution is 6.17. The van der Waals surface area contributed by atoms with Gasteiger partial charge in [0.2, 0.25) is 0 Å². The molecule has 11 rings (SSSR count). The molecule has 2 nitrogen and oxygen atoms in total. The molecule has 262 valence electrons. The van der Waals surface area contributed by atoms with Gasteiger partial charge in [-0.2, -0.15) is 0 Å². The second kappa shape index (κ2) is 13.2. The van der Waals surface area contributed by atoms with Gasteiger partial charge in [-0.3, -0.25) is 0 Å². The molecular formula is C54H35NO. The molecule has 0 saturated heterocycles. The molecular weight excluding hydrogens is 679 g/mol. The molecule has 0 aliphatic rings. The average Bonchev–Trinajstić information content (AvgIpc) is 3.66. The van der Waals surface area contributed by atoms with Crippen LogP contribution in [-0.4, -0.2) is 0 Å². The van der Waals surface area contributed by atoms with Gasteiger partial charge in [-0.05, 0) is 120 Å². The van der Waals surface area contributed by atoms with Gasteiger partial charge in [0.05, 0.1) is 0 Å². The Balaban J connectivity index is 1.04. The van der Waals surface area contributed by atoms with Crippen LogP contribution in [0.5, 0.6) is 0 Å². The van der Waals surface area contributed by atoms with Crippen molar-refractivity contribution in [2.45, 2.75) is 0 Å². The second-order valence-electron chi connectivity index (χ2n) is 14.4. The molecule has 0 radical (unpaired) electrons. The second-order valence-corrected chi connectivity index (χ2v) is 14.4. The first-order valence-electron chi connectivity index (χ1n) is 19.2. The zero-order valence-corrected chi connectivity index (χ0v) is 30.6. The largest absolute Gasteiger partial charge is 0.456 e. The van der Waals surface area contributed by atoms with Crippen LogP contribution in [0.2, 0.25) is 0 Å². The van der Waals surface area contributed by atoms with Crippen molar-refractivity contribution in [3.05, 3.63) is 212 Å². The predicted octanol–water partition coefficient (Wildman–Crippen LogP) is 15.5. The first-order valence-corrected chi connectivity index (χ1v) is 19.2. The summed E-state index contributed by atoms with van der Waals surface area (Å²) in [5.74, 6) is 0. The molecule has 0 aliphatic carbocycles. The van der Waals surface area contributed by atoms with Crippen LogP contribution in [0.4, 0.5) is 17.1 Å². The highest BCUT2D eigenvalue weighted by atomic mass is 16.3. The van der Waals surface area contributed by atoms with E-state index in [9.17, 15) is 0 Å². The van der Waals surface area contributed by atoms with Crippen LogP contribution in [0.25, 0.3) is 87.6 Å². The Bertz CT molecular complexity index is 3230. The van der Waals surface area contributed by atoms with E-state index in [-0.39, 0.29) is 0 Å². The third-order valence-electron chi connectivity index (χ3n) is 11.3. The van der Waals surface area contributed by atoms with Crippen molar-refractivity contribution in [2.75, 3.05) is 4.90 Å². The van der Waals surface area contributed by atoms with Gasteiger partial charge in [0.15, 0.2) is 0 Å². The Kier molecular flexibility index (Phi) is 7.53. The summed E-state index contributed by atoms with van der Waals surface area (Å²) in [4.78, 5) is 2.34. The van der Waals surface area contributed by atoms with E-state index in [1.165, 1.54) is 60.1 Å². The third-order valence-corrected chi connectivity index (χ3v) is 11.3. The van der Waals surface area contributed by atoms with E-state index in [2.05, 4.69) is 205 Å². The predicted molar refractivity (Wildman–Crippen MR) is 237 cm³/mol. The molecule has 0 fully saturated rings. The number of anilines is 3. The zero-order valence-electron chi connectivity index (χ0n) is 30.6. The molecule has 0 amide bonds. The van der Waals surface area contributed by atoms with Crippen LogP contribution in [0.1, 0.15) is 0 Å². The fourth-order valence-electron chi connectivity index (χ4n) is 8.69. The van der Waals surface area contributed by atoms with E-state index < -0.39 is 0 Å². The van der Waals surface area contributed by atoms with Gasteiger partial charge in [-0.15, -0.1) is 0 Å². The molecule has 56 heavy (non-hydrogen) atoms. The van der Waals surface area contributed by atoms with Crippen LogP contribution >= 0.6 is 0 Å². The Hall–Kier alpha value is -7.42. The highest BCUT2D eigenvalue weighted by Gasteiger charge is 2.18. The molecule has 0 unspecified atom stereocenters. The van der Waals surface area contributed by atoms with Gasteiger partial charge in [0, 0.05) is 27.8 Å². The highest BCUT2D eigenvalue weighted by Crippen LogP contribution is 2.44. The normalized spacial score (nSPS) is 11.6. The molecule has 11 aromatic rings. The summed E-state index contributed by atoms with van der Waals surface area (Å²) in [6, 6.07) is 76.5. The smallest absolute Gasteiger partial charge is 0.136 e. The van der Waals surface area contributed by atoms with E-state index >= 15 is 0 Å². The van der Waals surface area contributed by atoms with E-state index in [4.69, 9.17) is 4.42 Å². The lowest BCUT2D eigenvalue weighted by atomic mass is 9.86. The summed E-state index contributed by atoms with van der Waals surface area (Å²) < 4.78 is 6.22. The first kappa shape index (κ1) is 32.0. The summed E-state index contributed by atoms with van der Waals surface area (Å²) in [7, 11) is 0. The van der Waals surface area contributed by atoms with Gasteiger partial charge in [0.25, 0.3) is 0 Å². The number of hydrogen-bond donors (Lipinski definition) is 0. The fraction of sp³-hybridized carbons (Fsp3) is 0. The van der Waals surface area contributed by atoms with Crippen LogP contribution in [-0.2, 0) is 0 Å². The Morgan fingerprint density at radius 1 is 0.304 bits per heavy atom. The van der Waals surface area contributed by atoms with E-state index in [1.807, 2.05) is 12.1 Å². The molecule has 0 saturated carbocycles. The summed E-state index contributed by atoms with van der Waals surface area (Å²) in [6.45, 7) is 0. The monoisotopic (exact) mass is 713 g/mol. The molecule has 10 aromatic carbocycles. The third kappa shape index (κ3) is 5.26. The van der Waals surface area contributed by atoms with Crippen molar-refractivity contribution < 1.29 is 4.42 Å². The van der Waals surface area contributed by atoms with Gasteiger partial charge >= 0.3 is 0 Å². The number of hydrogen-bond acceptors (Lipinski definition) is 2. The molecule has 1 heterocycles. The van der Waals surface area contributed by atoms with Gasteiger partial charge in [-0.1, -0.05) is 158 Å². The molecule has 0 bridgehead atoms. The van der Waals surface area contributed by atoms with Gasteiger partial charge in [-0.25, -0.2) is 0 Å². The summed E-state index contributed by atoms with van der Waals surface area (Å²) in [6.07, 6.45) is 0. The SMILES string of the molecule is c1ccc(N(c2ccc(-c3c(-c4cc5ccccc5c5ccccc45)ccc4ccccc34)cc2)c2ccc(-c3cccc4oc5ccccc5c34)cc2)cc1. The zero-order chi connectivity index (χ0) is 37.0. The van der Waals surface area contributed by atoms with Gasteiger partial charge < -0.3 is 9.32 Å². The maximum absolute atomic E-state index is 6.22. The van der Waals surface area contributed by atoms with Crippen molar-refractivity contribution in [3.63, 3.8) is 0 Å². The Morgan fingerprint density at radius 3 is 1.64 bits per heavy atom. The van der Waals surface area contributed by atoms with E-state index in [1.54, 1.807) is 0 Å². The van der Waals surface area contributed by atoms with Crippen LogP contribution in [0.3, 0.4) is 0 Å². The minimum absolute atomic E-state index is 0.905. The number of para-hydroxylation sites is 2. The Labute approximate surface area is 325 Å². The van der Waals surface area contributed by atoms with Crippen molar-refractivity contribution in [1.82, 2.24) is 0 Å². The summed E-state index contributed by atoms with van der Waals surface area (Å²) in [5.41, 5.74) is 12.3. The average molecular weight is 714 g/mol. The van der Waals surface area contributed by atoms with Crippen LogP contribution in [0, 0.1) is 0 Å². The van der Waals surface area contributed by atoms with Gasteiger partial charge in [0.1, 0.15) is 11.2 Å².